The van der Waals surface area contributed by atoms with Gasteiger partial charge in [0.2, 0.25) is 0 Å². The Balaban J connectivity index is 2.48. The molecule has 92 valence electrons. The molecule has 0 aliphatic carbocycles. The van der Waals surface area contributed by atoms with Crippen molar-refractivity contribution in [2.75, 3.05) is 0 Å². The predicted octanol–water partition coefficient (Wildman–Crippen LogP) is 2.36. The van der Waals surface area contributed by atoms with Crippen LogP contribution in [-0.4, -0.2) is 15.6 Å². The summed E-state index contributed by atoms with van der Waals surface area (Å²) in [6.45, 7) is 9.08. The Kier molecular flexibility index (Phi) is 4.14. The number of hydrogen-bond donors (Lipinski definition) is 1. The first-order valence-corrected chi connectivity index (χ1v) is 6.02. The third-order valence-electron chi connectivity index (χ3n) is 3.50. The predicted molar refractivity (Wildman–Crippen MR) is 68.1 cm³/mol. The molecule has 0 saturated heterocycles. The van der Waals surface area contributed by atoms with Crippen molar-refractivity contribution in [1.29, 1.82) is 0 Å². The highest BCUT2D eigenvalue weighted by Gasteiger charge is 2.22. The van der Waals surface area contributed by atoms with Gasteiger partial charge in [-0.3, -0.25) is 0 Å². The molecular weight excluding hydrogens is 198 g/mol. The zero-order valence-electron chi connectivity index (χ0n) is 11.2. The van der Waals surface area contributed by atoms with Crippen LogP contribution in [0.15, 0.2) is 12.4 Å². The minimum Gasteiger partial charge on any atom is -0.338 e. The van der Waals surface area contributed by atoms with Crippen LogP contribution in [0.2, 0.25) is 0 Å². The normalized spacial score (nSPS) is 16.1. The summed E-state index contributed by atoms with van der Waals surface area (Å²) in [6, 6.07) is 0.204. The van der Waals surface area contributed by atoms with Crippen molar-refractivity contribution in [3.05, 3.63) is 18.2 Å². The van der Waals surface area contributed by atoms with Crippen molar-refractivity contribution in [2.24, 2.45) is 24.1 Å². The van der Waals surface area contributed by atoms with Crippen molar-refractivity contribution >= 4 is 0 Å². The van der Waals surface area contributed by atoms with E-state index in [1.54, 1.807) is 0 Å². The molecule has 1 aromatic heterocycles. The molecule has 0 aliphatic heterocycles. The van der Waals surface area contributed by atoms with Gasteiger partial charge in [-0.05, 0) is 17.8 Å². The van der Waals surface area contributed by atoms with Gasteiger partial charge in [-0.1, -0.05) is 27.7 Å². The maximum Gasteiger partial charge on any atom is 0.109 e. The van der Waals surface area contributed by atoms with Crippen molar-refractivity contribution in [3.63, 3.8) is 0 Å². The van der Waals surface area contributed by atoms with Gasteiger partial charge in [0.1, 0.15) is 5.82 Å². The van der Waals surface area contributed by atoms with Gasteiger partial charge in [-0.15, -0.1) is 0 Å². The van der Waals surface area contributed by atoms with Crippen molar-refractivity contribution < 1.29 is 0 Å². The SMILES string of the molecule is CC(CC(N)Cc1nccn1C)C(C)(C)C. The van der Waals surface area contributed by atoms with Crippen LogP contribution < -0.4 is 5.73 Å². The number of aryl methyl sites for hydroxylation is 1. The lowest BCUT2D eigenvalue weighted by molar-refractivity contribution is 0.232. The summed E-state index contributed by atoms with van der Waals surface area (Å²) in [5.74, 6) is 1.70. The van der Waals surface area contributed by atoms with E-state index in [0.29, 0.717) is 11.3 Å². The van der Waals surface area contributed by atoms with Crippen LogP contribution in [-0.2, 0) is 13.5 Å². The van der Waals surface area contributed by atoms with Crippen LogP contribution in [0.4, 0.5) is 0 Å². The van der Waals surface area contributed by atoms with Crippen LogP contribution in [0.3, 0.4) is 0 Å². The van der Waals surface area contributed by atoms with E-state index in [-0.39, 0.29) is 6.04 Å². The van der Waals surface area contributed by atoms with Gasteiger partial charge < -0.3 is 10.3 Å². The second-order valence-corrected chi connectivity index (χ2v) is 5.92. The third-order valence-corrected chi connectivity index (χ3v) is 3.50. The van der Waals surface area contributed by atoms with Gasteiger partial charge in [0.25, 0.3) is 0 Å². The fraction of sp³-hybridized carbons (Fsp3) is 0.769. The van der Waals surface area contributed by atoms with Crippen LogP contribution >= 0.6 is 0 Å². The third kappa shape index (κ3) is 3.63. The van der Waals surface area contributed by atoms with E-state index >= 15 is 0 Å². The Hall–Kier alpha value is -0.830. The standard InChI is InChI=1S/C13H25N3/c1-10(13(2,3)4)8-11(14)9-12-15-6-7-16(12)5/h6-7,10-11H,8-9,14H2,1-5H3. The number of hydrogen-bond acceptors (Lipinski definition) is 2. The molecule has 0 aliphatic rings. The summed E-state index contributed by atoms with van der Waals surface area (Å²) in [5.41, 5.74) is 6.51. The summed E-state index contributed by atoms with van der Waals surface area (Å²) in [4.78, 5) is 4.31. The van der Waals surface area contributed by atoms with Gasteiger partial charge in [0.15, 0.2) is 0 Å². The second-order valence-electron chi connectivity index (χ2n) is 5.92. The highest BCUT2D eigenvalue weighted by Crippen LogP contribution is 2.29. The molecule has 1 heterocycles. The molecule has 16 heavy (non-hydrogen) atoms. The first-order valence-electron chi connectivity index (χ1n) is 6.02. The van der Waals surface area contributed by atoms with Crippen molar-refractivity contribution in [3.8, 4) is 0 Å². The van der Waals surface area contributed by atoms with E-state index in [1.807, 2.05) is 24.0 Å². The van der Waals surface area contributed by atoms with E-state index in [0.717, 1.165) is 18.7 Å². The quantitative estimate of drug-likeness (QED) is 0.851. The van der Waals surface area contributed by atoms with E-state index in [9.17, 15) is 0 Å². The summed E-state index contributed by atoms with van der Waals surface area (Å²) < 4.78 is 2.04. The van der Waals surface area contributed by atoms with E-state index in [4.69, 9.17) is 5.73 Å². The van der Waals surface area contributed by atoms with Crippen molar-refractivity contribution in [2.45, 2.75) is 46.6 Å². The molecule has 1 rings (SSSR count). The Morgan fingerprint density at radius 2 is 2.06 bits per heavy atom. The number of imidazole rings is 1. The molecule has 3 nitrogen and oxygen atoms in total. The average Bonchev–Trinajstić information content (AvgIpc) is 2.50. The molecular formula is C13H25N3. The highest BCUT2D eigenvalue weighted by atomic mass is 15.0. The number of rotatable bonds is 4. The fourth-order valence-electron chi connectivity index (χ4n) is 1.72. The number of aromatic nitrogens is 2. The van der Waals surface area contributed by atoms with Gasteiger partial charge in [0, 0.05) is 31.9 Å². The molecule has 0 saturated carbocycles. The Morgan fingerprint density at radius 1 is 1.44 bits per heavy atom. The fourth-order valence-corrected chi connectivity index (χ4v) is 1.72. The summed E-state index contributed by atoms with van der Waals surface area (Å²) in [5, 5.41) is 0. The molecule has 0 fully saturated rings. The Bertz CT molecular complexity index is 322. The molecule has 0 aromatic carbocycles. The van der Waals surface area contributed by atoms with E-state index in [2.05, 4.69) is 32.7 Å². The lowest BCUT2D eigenvalue weighted by Crippen LogP contribution is -2.30. The molecule has 0 amide bonds. The van der Waals surface area contributed by atoms with Crippen molar-refractivity contribution in [1.82, 2.24) is 9.55 Å². The zero-order valence-corrected chi connectivity index (χ0v) is 11.2. The van der Waals surface area contributed by atoms with Crippen LogP contribution in [0.25, 0.3) is 0 Å². The molecule has 1 aromatic rings. The molecule has 2 atom stereocenters. The topological polar surface area (TPSA) is 43.8 Å². The second kappa shape index (κ2) is 5.00. The molecule has 0 bridgehead atoms. The molecule has 0 spiro atoms. The smallest absolute Gasteiger partial charge is 0.109 e. The minimum atomic E-state index is 0.204. The summed E-state index contributed by atoms with van der Waals surface area (Å²) in [6.07, 6.45) is 5.71. The first-order chi connectivity index (χ1) is 7.30. The van der Waals surface area contributed by atoms with Gasteiger partial charge in [-0.25, -0.2) is 4.98 Å². The molecule has 2 unspecified atom stereocenters. The van der Waals surface area contributed by atoms with Gasteiger partial charge in [0.05, 0.1) is 0 Å². The van der Waals surface area contributed by atoms with Gasteiger partial charge >= 0.3 is 0 Å². The molecule has 2 N–H and O–H groups in total. The lowest BCUT2D eigenvalue weighted by Gasteiger charge is -2.29. The lowest BCUT2D eigenvalue weighted by atomic mass is 9.78. The zero-order chi connectivity index (χ0) is 12.3. The maximum atomic E-state index is 6.18. The number of nitrogens with zero attached hydrogens (tertiary/aromatic N) is 2. The van der Waals surface area contributed by atoms with Gasteiger partial charge in [-0.2, -0.15) is 0 Å². The van der Waals surface area contributed by atoms with Crippen LogP contribution in [0.5, 0.6) is 0 Å². The number of nitrogens with two attached hydrogens (primary N) is 1. The van der Waals surface area contributed by atoms with Crippen LogP contribution in [0.1, 0.15) is 39.9 Å². The average molecular weight is 223 g/mol. The maximum absolute atomic E-state index is 6.18. The van der Waals surface area contributed by atoms with Crippen LogP contribution in [0, 0.1) is 11.3 Å². The molecule has 0 radical (unpaired) electrons. The molecule has 3 heteroatoms. The monoisotopic (exact) mass is 223 g/mol. The highest BCUT2D eigenvalue weighted by molar-refractivity contribution is 4.94. The Morgan fingerprint density at radius 3 is 2.50 bits per heavy atom. The first kappa shape index (κ1) is 13.2. The summed E-state index contributed by atoms with van der Waals surface area (Å²) >= 11 is 0. The van der Waals surface area contributed by atoms with E-state index in [1.165, 1.54) is 0 Å². The Labute approximate surface area is 99.1 Å². The minimum absolute atomic E-state index is 0.204. The van der Waals surface area contributed by atoms with E-state index < -0.39 is 0 Å². The largest absolute Gasteiger partial charge is 0.338 e. The summed E-state index contributed by atoms with van der Waals surface area (Å²) in [7, 11) is 2.02.